The van der Waals surface area contributed by atoms with Gasteiger partial charge >= 0.3 is 0 Å². The SMILES string of the molecule is COc1c2c(c(OC)c3ccccc13)C(=O)C1CC(O)(C(C)=O)CCC1C2. The molecule has 0 saturated heterocycles. The van der Waals surface area contributed by atoms with Gasteiger partial charge in [-0.15, -0.1) is 0 Å². The van der Waals surface area contributed by atoms with Crippen molar-refractivity contribution < 1.29 is 24.2 Å². The topological polar surface area (TPSA) is 72.8 Å². The van der Waals surface area contributed by atoms with E-state index < -0.39 is 5.60 Å². The third-order valence-corrected chi connectivity index (χ3v) is 6.39. The number of ether oxygens (including phenoxy) is 2. The van der Waals surface area contributed by atoms with Crippen molar-refractivity contribution in [2.45, 2.75) is 38.2 Å². The number of Topliss-reactive ketones (excluding diaryl/α,β-unsaturated/α-hetero) is 2. The van der Waals surface area contributed by atoms with Gasteiger partial charge in [0.05, 0.1) is 19.8 Å². The second-order valence-electron chi connectivity index (χ2n) is 7.73. The number of fused-ring (bicyclic) bond motifs is 3. The number of hydrogen-bond donors (Lipinski definition) is 1. The molecule has 0 aliphatic heterocycles. The molecule has 5 nitrogen and oxygen atoms in total. The number of methoxy groups -OCH3 is 2. The summed E-state index contributed by atoms with van der Waals surface area (Å²) < 4.78 is 11.4. The first kappa shape index (κ1) is 18.0. The smallest absolute Gasteiger partial charge is 0.170 e. The molecule has 0 heterocycles. The molecule has 1 fully saturated rings. The van der Waals surface area contributed by atoms with E-state index in [-0.39, 0.29) is 29.8 Å². The number of benzene rings is 2. The molecule has 27 heavy (non-hydrogen) atoms. The summed E-state index contributed by atoms with van der Waals surface area (Å²) in [7, 11) is 3.20. The normalized spacial score (nSPS) is 27.0. The lowest BCUT2D eigenvalue weighted by atomic mass is 9.62. The van der Waals surface area contributed by atoms with Gasteiger partial charge in [-0.1, -0.05) is 24.3 Å². The minimum absolute atomic E-state index is 0.0541. The minimum atomic E-state index is -1.40. The average molecular weight is 368 g/mol. The van der Waals surface area contributed by atoms with Crippen LogP contribution in [0.1, 0.15) is 42.1 Å². The molecule has 1 saturated carbocycles. The van der Waals surface area contributed by atoms with Crippen LogP contribution in [-0.2, 0) is 11.2 Å². The van der Waals surface area contributed by atoms with Gasteiger partial charge in [0, 0.05) is 22.3 Å². The Bertz CT molecular complexity index is 947. The number of carbonyl (C=O) groups is 2. The van der Waals surface area contributed by atoms with Gasteiger partial charge in [0.15, 0.2) is 11.6 Å². The van der Waals surface area contributed by atoms with E-state index in [4.69, 9.17) is 9.47 Å². The highest BCUT2D eigenvalue weighted by Crippen LogP contribution is 2.50. The first-order chi connectivity index (χ1) is 12.9. The summed E-state index contributed by atoms with van der Waals surface area (Å²) >= 11 is 0. The maximum absolute atomic E-state index is 13.5. The summed E-state index contributed by atoms with van der Waals surface area (Å²) in [5.41, 5.74) is 0.0253. The van der Waals surface area contributed by atoms with Crippen molar-refractivity contribution in [3.8, 4) is 11.5 Å². The van der Waals surface area contributed by atoms with Crippen molar-refractivity contribution in [3.05, 3.63) is 35.4 Å². The Hall–Kier alpha value is -2.40. The Balaban J connectivity index is 1.92. The van der Waals surface area contributed by atoms with Crippen LogP contribution >= 0.6 is 0 Å². The summed E-state index contributed by atoms with van der Waals surface area (Å²) in [6.07, 6.45) is 1.91. The molecule has 0 radical (unpaired) electrons. The van der Waals surface area contributed by atoms with E-state index in [1.54, 1.807) is 14.2 Å². The standard InChI is InChI=1S/C22H24O5/c1-12(23)22(25)9-8-13-10-16-18(19(24)17(13)11-22)21(27-3)15-7-5-4-6-14(15)20(16)26-2/h4-7,13,17,25H,8-11H2,1-3H3. The van der Waals surface area contributed by atoms with Gasteiger partial charge < -0.3 is 14.6 Å². The molecule has 2 aromatic rings. The predicted octanol–water partition coefficient (Wildman–Crippen LogP) is 3.33. The van der Waals surface area contributed by atoms with Crippen LogP contribution < -0.4 is 9.47 Å². The molecule has 3 atom stereocenters. The second-order valence-corrected chi connectivity index (χ2v) is 7.73. The fourth-order valence-electron chi connectivity index (χ4n) is 4.90. The maximum Gasteiger partial charge on any atom is 0.170 e. The summed E-state index contributed by atoms with van der Waals surface area (Å²) in [6.45, 7) is 1.40. The number of aliphatic hydroxyl groups is 1. The molecule has 5 heteroatoms. The summed E-state index contributed by atoms with van der Waals surface area (Å²) in [5, 5.41) is 12.5. The summed E-state index contributed by atoms with van der Waals surface area (Å²) in [4.78, 5) is 25.4. The van der Waals surface area contributed by atoms with Crippen molar-refractivity contribution >= 4 is 22.3 Å². The molecule has 142 valence electrons. The lowest BCUT2D eigenvalue weighted by Gasteiger charge is -2.42. The van der Waals surface area contributed by atoms with Crippen molar-refractivity contribution in [2.75, 3.05) is 14.2 Å². The quantitative estimate of drug-likeness (QED) is 0.900. The van der Waals surface area contributed by atoms with E-state index in [9.17, 15) is 14.7 Å². The first-order valence-corrected chi connectivity index (χ1v) is 9.34. The fourth-order valence-corrected chi connectivity index (χ4v) is 4.90. The van der Waals surface area contributed by atoms with E-state index in [0.717, 1.165) is 22.1 Å². The zero-order valence-corrected chi connectivity index (χ0v) is 15.9. The van der Waals surface area contributed by atoms with Gasteiger partial charge in [-0.05, 0) is 38.5 Å². The van der Waals surface area contributed by atoms with Gasteiger partial charge in [-0.2, -0.15) is 0 Å². The zero-order valence-electron chi connectivity index (χ0n) is 15.9. The van der Waals surface area contributed by atoms with E-state index in [1.807, 2.05) is 24.3 Å². The van der Waals surface area contributed by atoms with Crippen LogP contribution in [0.3, 0.4) is 0 Å². The van der Waals surface area contributed by atoms with Gasteiger partial charge in [0.1, 0.15) is 17.1 Å². The Labute approximate surface area is 158 Å². The van der Waals surface area contributed by atoms with Gasteiger partial charge in [-0.25, -0.2) is 0 Å². The molecular formula is C22H24O5. The van der Waals surface area contributed by atoms with Crippen LogP contribution in [0.25, 0.3) is 10.8 Å². The minimum Gasteiger partial charge on any atom is -0.496 e. The van der Waals surface area contributed by atoms with Gasteiger partial charge in [0.25, 0.3) is 0 Å². The highest BCUT2D eigenvalue weighted by atomic mass is 16.5. The number of ketones is 2. The highest BCUT2D eigenvalue weighted by Gasteiger charge is 2.49. The van der Waals surface area contributed by atoms with Crippen LogP contribution in [0, 0.1) is 11.8 Å². The second kappa shape index (κ2) is 6.34. The molecule has 4 rings (SSSR count). The van der Waals surface area contributed by atoms with Crippen LogP contribution in [0.5, 0.6) is 11.5 Å². The molecule has 0 bridgehead atoms. The fraction of sp³-hybridized carbons (Fsp3) is 0.455. The molecule has 2 aliphatic carbocycles. The van der Waals surface area contributed by atoms with Crippen LogP contribution in [0.2, 0.25) is 0 Å². The average Bonchev–Trinajstić information content (AvgIpc) is 2.67. The van der Waals surface area contributed by atoms with E-state index in [1.165, 1.54) is 6.92 Å². The van der Waals surface area contributed by atoms with Crippen molar-refractivity contribution in [2.24, 2.45) is 11.8 Å². The first-order valence-electron chi connectivity index (χ1n) is 9.34. The third-order valence-electron chi connectivity index (χ3n) is 6.39. The molecule has 1 N–H and O–H groups in total. The predicted molar refractivity (Wildman–Crippen MR) is 102 cm³/mol. The van der Waals surface area contributed by atoms with Gasteiger partial charge in [0.2, 0.25) is 0 Å². The number of carbonyl (C=O) groups excluding carboxylic acids is 2. The summed E-state index contributed by atoms with van der Waals surface area (Å²) in [5.74, 6) is 0.691. The van der Waals surface area contributed by atoms with E-state index in [2.05, 4.69) is 0 Å². The van der Waals surface area contributed by atoms with Crippen LogP contribution in [0.4, 0.5) is 0 Å². The lowest BCUT2D eigenvalue weighted by molar-refractivity contribution is -0.140. The molecule has 0 aromatic heterocycles. The molecule has 2 aromatic carbocycles. The van der Waals surface area contributed by atoms with Crippen LogP contribution in [0.15, 0.2) is 24.3 Å². The summed E-state index contributed by atoms with van der Waals surface area (Å²) in [6, 6.07) is 7.74. The molecule has 0 spiro atoms. The number of rotatable bonds is 3. The Morgan fingerprint density at radius 3 is 2.37 bits per heavy atom. The maximum atomic E-state index is 13.5. The third kappa shape index (κ3) is 2.56. The van der Waals surface area contributed by atoms with Crippen molar-refractivity contribution in [1.82, 2.24) is 0 Å². The lowest BCUT2D eigenvalue weighted by Crippen LogP contribution is -2.48. The van der Waals surface area contributed by atoms with E-state index in [0.29, 0.717) is 30.6 Å². The van der Waals surface area contributed by atoms with Gasteiger partial charge in [-0.3, -0.25) is 9.59 Å². The number of hydrogen-bond acceptors (Lipinski definition) is 5. The monoisotopic (exact) mass is 368 g/mol. The van der Waals surface area contributed by atoms with E-state index >= 15 is 0 Å². The van der Waals surface area contributed by atoms with Crippen molar-refractivity contribution in [1.29, 1.82) is 0 Å². The molecule has 0 amide bonds. The molecule has 2 aliphatic rings. The van der Waals surface area contributed by atoms with Crippen LogP contribution in [-0.4, -0.2) is 36.5 Å². The highest BCUT2D eigenvalue weighted by molar-refractivity contribution is 6.11. The molecular weight excluding hydrogens is 344 g/mol. The van der Waals surface area contributed by atoms with Crippen molar-refractivity contribution in [3.63, 3.8) is 0 Å². The Kier molecular flexibility index (Phi) is 4.22. The largest absolute Gasteiger partial charge is 0.496 e. The zero-order chi connectivity index (χ0) is 19.3. The Morgan fingerprint density at radius 1 is 1.15 bits per heavy atom. The molecule has 3 unspecified atom stereocenters. The Morgan fingerprint density at radius 2 is 1.78 bits per heavy atom.